The number of rotatable bonds is 7. The third-order valence-corrected chi connectivity index (χ3v) is 5.11. The van der Waals surface area contributed by atoms with Gasteiger partial charge in [0, 0.05) is 32.3 Å². The first-order valence-electron chi connectivity index (χ1n) is 6.33. The molecule has 7 nitrogen and oxygen atoms in total. The summed E-state index contributed by atoms with van der Waals surface area (Å²) in [4.78, 5) is 0.105. The maximum atomic E-state index is 12.2. The van der Waals surface area contributed by atoms with Gasteiger partial charge in [-0.3, -0.25) is 4.68 Å². The van der Waals surface area contributed by atoms with E-state index in [1.807, 2.05) is 19.3 Å². The van der Waals surface area contributed by atoms with Gasteiger partial charge in [0.15, 0.2) is 4.67 Å². The molecule has 116 valence electrons. The lowest BCUT2D eigenvalue weighted by molar-refractivity contribution is 0.470. The van der Waals surface area contributed by atoms with Crippen molar-refractivity contribution in [1.82, 2.24) is 19.8 Å². The summed E-state index contributed by atoms with van der Waals surface area (Å²) in [5.41, 5.74) is 0.835. The molecule has 0 bridgehead atoms. The molecule has 0 aliphatic heterocycles. The highest BCUT2D eigenvalue weighted by Gasteiger charge is 2.22. The molecule has 2 aromatic rings. The highest BCUT2D eigenvalue weighted by Crippen LogP contribution is 2.25. The van der Waals surface area contributed by atoms with Crippen molar-refractivity contribution in [3.8, 4) is 0 Å². The molecule has 0 saturated heterocycles. The quantitative estimate of drug-likeness (QED) is 0.752. The minimum absolute atomic E-state index is 0.105. The van der Waals surface area contributed by atoms with Crippen LogP contribution in [0.2, 0.25) is 0 Å². The van der Waals surface area contributed by atoms with Crippen LogP contribution in [0.5, 0.6) is 0 Å². The fourth-order valence-electron chi connectivity index (χ4n) is 1.83. The largest absolute Gasteiger partial charge is 0.452 e. The van der Waals surface area contributed by atoms with Gasteiger partial charge >= 0.3 is 0 Å². The normalized spacial score (nSPS) is 12.0. The summed E-state index contributed by atoms with van der Waals surface area (Å²) in [6.07, 6.45) is 2.35. The van der Waals surface area contributed by atoms with Gasteiger partial charge in [-0.2, -0.15) is 5.10 Å². The number of halogens is 1. The standard InChI is InChI=1S/C12H17BrN4O3S/c1-14-8-10-7-11(12(13)20-10)21(18,19)15-5-3-9-4-6-17(2)16-9/h4,6-7,14-15H,3,5,8H2,1-2H3. The van der Waals surface area contributed by atoms with Crippen LogP contribution in [0.15, 0.2) is 32.3 Å². The molecule has 0 spiro atoms. The molecule has 2 heterocycles. The van der Waals surface area contributed by atoms with Crippen LogP contribution in [0.1, 0.15) is 11.5 Å². The van der Waals surface area contributed by atoms with Gasteiger partial charge in [0.2, 0.25) is 10.0 Å². The molecule has 9 heteroatoms. The van der Waals surface area contributed by atoms with Gasteiger partial charge in [0.1, 0.15) is 10.7 Å². The third-order valence-electron chi connectivity index (χ3n) is 2.79. The first-order valence-corrected chi connectivity index (χ1v) is 8.61. The van der Waals surface area contributed by atoms with Gasteiger partial charge in [0.05, 0.1) is 12.2 Å². The number of hydrogen-bond donors (Lipinski definition) is 2. The molecule has 21 heavy (non-hydrogen) atoms. The Morgan fingerprint density at radius 1 is 1.48 bits per heavy atom. The zero-order chi connectivity index (χ0) is 15.5. The molecule has 2 rings (SSSR count). The second kappa shape index (κ2) is 6.73. The second-order valence-electron chi connectivity index (χ2n) is 4.51. The molecular formula is C12H17BrN4O3S. The van der Waals surface area contributed by atoms with Gasteiger partial charge < -0.3 is 9.73 Å². The lowest BCUT2D eigenvalue weighted by Gasteiger charge is -2.03. The zero-order valence-electron chi connectivity index (χ0n) is 11.8. The monoisotopic (exact) mass is 376 g/mol. The molecule has 2 aromatic heterocycles. The zero-order valence-corrected chi connectivity index (χ0v) is 14.2. The van der Waals surface area contributed by atoms with Crippen molar-refractivity contribution in [2.24, 2.45) is 7.05 Å². The van der Waals surface area contributed by atoms with Gasteiger partial charge in [-0.05, 0) is 29.0 Å². The van der Waals surface area contributed by atoms with Crippen molar-refractivity contribution >= 4 is 26.0 Å². The Labute approximate surface area is 131 Å². The highest BCUT2D eigenvalue weighted by atomic mass is 79.9. The average molecular weight is 377 g/mol. The molecule has 0 aliphatic carbocycles. The van der Waals surface area contributed by atoms with E-state index in [0.29, 0.717) is 18.7 Å². The SMILES string of the molecule is CNCc1cc(S(=O)(=O)NCCc2ccn(C)n2)c(Br)o1. The first kappa shape index (κ1) is 16.2. The van der Waals surface area contributed by atoms with Crippen LogP contribution in [0.25, 0.3) is 0 Å². The molecule has 0 amide bonds. The Morgan fingerprint density at radius 3 is 2.86 bits per heavy atom. The number of furan rings is 1. The summed E-state index contributed by atoms with van der Waals surface area (Å²) in [6.45, 7) is 0.736. The van der Waals surface area contributed by atoms with Crippen LogP contribution < -0.4 is 10.0 Å². The Morgan fingerprint density at radius 2 is 2.24 bits per heavy atom. The van der Waals surface area contributed by atoms with Crippen molar-refractivity contribution in [1.29, 1.82) is 0 Å². The first-order chi connectivity index (χ1) is 9.92. The van der Waals surface area contributed by atoms with Crippen LogP contribution in [-0.2, 0) is 30.0 Å². The Bertz CT molecular complexity index is 708. The van der Waals surface area contributed by atoms with Crippen molar-refractivity contribution in [2.45, 2.75) is 17.9 Å². The molecule has 0 aliphatic rings. The number of aromatic nitrogens is 2. The van der Waals surface area contributed by atoms with Gasteiger partial charge in [0.25, 0.3) is 0 Å². The number of sulfonamides is 1. The van der Waals surface area contributed by atoms with E-state index in [1.54, 1.807) is 11.7 Å². The summed E-state index contributed by atoms with van der Waals surface area (Å²) in [5.74, 6) is 0.550. The highest BCUT2D eigenvalue weighted by molar-refractivity contribution is 9.10. The summed E-state index contributed by atoms with van der Waals surface area (Å²) < 4.78 is 34.2. The van der Waals surface area contributed by atoms with Crippen LogP contribution in [0, 0.1) is 0 Å². The number of aryl methyl sites for hydroxylation is 1. The summed E-state index contributed by atoms with van der Waals surface area (Å²) >= 11 is 3.13. The van der Waals surface area contributed by atoms with Crippen molar-refractivity contribution in [2.75, 3.05) is 13.6 Å². The molecule has 0 atom stereocenters. The molecular weight excluding hydrogens is 360 g/mol. The van der Waals surface area contributed by atoms with E-state index in [0.717, 1.165) is 5.69 Å². The van der Waals surface area contributed by atoms with E-state index in [4.69, 9.17) is 4.42 Å². The van der Waals surface area contributed by atoms with E-state index >= 15 is 0 Å². The number of nitrogens with one attached hydrogen (secondary N) is 2. The van der Waals surface area contributed by atoms with E-state index in [2.05, 4.69) is 31.1 Å². The van der Waals surface area contributed by atoms with E-state index < -0.39 is 10.0 Å². The molecule has 0 radical (unpaired) electrons. The fourth-order valence-corrected chi connectivity index (χ4v) is 3.86. The minimum Gasteiger partial charge on any atom is -0.452 e. The second-order valence-corrected chi connectivity index (χ2v) is 6.97. The van der Waals surface area contributed by atoms with E-state index in [1.165, 1.54) is 6.07 Å². The van der Waals surface area contributed by atoms with Gasteiger partial charge in [-0.1, -0.05) is 0 Å². The van der Waals surface area contributed by atoms with Crippen LogP contribution >= 0.6 is 15.9 Å². The predicted octanol–water partition coefficient (Wildman–Crippen LogP) is 1.02. The lowest BCUT2D eigenvalue weighted by atomic mass is 10.3. The maximum absolute atomic E-state index is 12.2. The lowest BCUT2D eigenvalue weighted by Crippen LogP contribution is -2.26. The maximum Gasteiger partial charge on any atom is 0.244 e. The molecule has 0 aromatic carbocycles. The van der Waals surface area contributed by atoms with Gasteiger partial charge in [-0.25, -0.2) is 13.1 Å². The Hall–Kier alpha value is -1.16. The fraction of sp³-hybridized carbons (Fsp3) is 0.417. The van der Waals surface area contributed by atoms with Crippen molar-refractivity contribution < 1.29 is 12.8 Å². The van der Waals surface area contributed by atoms with Gasteiger partial charge in [-0.15, -0.1) is 0 Å². The molecule has 0 unspecified atom stereocenters. The predicted molar refractivity (Wildman–Crippen MR) is 81.3 cm³/mol. The van der Waals surface area contributed by atoms with Crippen LogP contribution in [0.3, 0.4) is 0 Å². The minimum atomic E-state index is -3.60. The number of hydrogen-bond acceptors (Lipinski definition) is 5. The third kappa shape index (κ3) is 4.16. The average Bonchev–Trinajstić information content (AvgIpc) is 2.96. The summed E-state index contributed by atoms with van der Waals surface area (Å²) in [6, 6.07) is 3.36. The topological polar surface area (TPSA) is 89.2 Å². The Balaban J connectivity index is 2.01. The Kier molecular flexibility index (Phi) is 5.20. The van der Waals surface area contributed by atoms with Crippen molar-refractivity contribution in [3.05, 3.63) is 34.5 Å². The van der Waals surface area contributed by atoms with Crippen LogP contribution in [0.4, 0.5) is 0 Å². The smallest absolute Gasteiger partial charge is 0.244 e. The molecule has 0 saturated carbocycles. The summed E-state index contributed by atoms with van der Waals surface area (Å²) in [5, 5.41) is 7.10. The molecule has 0 fully saturated rings. The van der Waals surface area contributed by atoms with E-state index in [9.17, 15) is 8.42 Å². The van der Waals surface area contributed by atoms with Crippen LogP contribution in [-0.4, -0.2) is 31.8 Å². The summed E-state index contributed by atoms with van der Waals surface area (Å²) in [7, 11) is -0.0261. The number of nitrogens with zero attached hydrogens (tertiary/aromatic N) is 2. The van der Waals surface area contributed by atoms with Crippen molar-refractivity contribution in [3.63, 3.8) is 0 Å². The molecule has 2 N–H and O–H groups in total. The van der Waals surface area contributed by atoms with E-state index in [-0.39, 0.29) is 16.1 Å².